The monoisotopic (exact) mass is 413 g/mol. The van der Waals surface area contributed by atoms with Gasteiger partial charge in [-0.3, -0.25) is 19.0 Å². The molecule has 0 aliphatic rings. The van der Waals surface area contributed by atoms with Gasteiger partial charge in [-0.25, -0.2) is 4.98 Å². The quantitative estimate of drug-likeness (QED) is 0.599. The number of carbonyl (C=O) groups excluding carboxylic acids is 2. The number of hydrogen-bond acceptors (Lipinski definition) is 6. The summed E-state index contributed by atoms with van der Waals surface area (Å²) in [4.78, 5) is 41.5. The number of carbonyl (C=O) groups is 2. The summed E-state index contributed by atoms with van der Waals surface area (Å²) < 4.78 is 6.45. The number of hydrogen-bond donors (Lipinski definition) is 1. The van der Waals surface area contributed by atoms with E-state index in [1.807, 2.05) is 38.1 Å². The molecule has 29 heavy (non-hydrogen) atoms. The van der Waals surface area contributed by atoms with Crippen LogP contribution in [-0.4, -0.2) is 28.0 Å². The van der Waals surface area contributed by atoms with Crippen LogP contribution in [0.3, 0.4) is 0 Å². The summed E-state index contributed by atoms with van der Waals surface area (Å²) in [5.74, 6) is -0.680. The van der Waals surface area contributed by atoms with Crippen LogP contribution in [0, 0.1) is 6.92 Å². The highest BCUT2D eigenvalue weighted by molar-refractivity contribution is 7.13. The molecule has 0 saturated heterocycles. The van der Waals surface area contributed by atoms with E-state index in [0.29, 0.717) is 23.9 Å². The minimum absolute atomic E-state index is 0.0550. The van der Waals surface area contributed by atoms with Gasteiger partial charge in [0.1, 0.15) is 6.04 Å². The fraction of sp³-hybridized carbons (Fsp3) is 0.333. The molecule has 0 fully saturated rings. The molecule has 8 heteroatoms. The minimum atomic E-state index is -0.676. The Balaban J connectivity index is 1.86. The van der Waals surface area contributed by atoms with Gasteiger partial charge in [-0.15, -0.1) is 11.3 Å². The second-order valence-corrected chi connectivity index (χ2v) is 7.45. The van der Waals surface area contributed by atoms with Gasteiger partial charge in [0.2, 0.25) is 5.91 Å². The Bertz CT molecular complexity index is 1100. The Morgan fingerprint density at radius 1 is 1.28 bits per heavy atom. The van der Waals surface area contributed by atoms with Gasteiger partial charge in [-0.1, -0.05) is 25.1 Å². The molecule has 0 radical (unpaired) electrons. The van der Waals surface area contributed by atoms with Crippen LogP contribution in [0.15, 0.2) is 40.5 Å². The maximum absolute atomic E-state index is 13.0. The smallest absolute Gasteiger partial charge is 0.311 e. The van der Waals surface area contributed by atoms with Gasteiger partial charge in [0.05, 0.1) is 24.2 Å². The summed E-state index contributed by atoms with van der Waals surface area (Å²) in [5.41, 5.74) is 1.92. The average Bonchev–Trinajstić information content (AvgIpc) is 3.11. The molecule has 0 saturated carbocycles. The predicted molar refractivity (Wildman–Crippen MR) is 113 cm³/mol. The lowest BCUT2D eigenvalue weighted by Gasteiger charge is -2.20. The Morgan fingerprint density at radius 3 is 2.76 bits per heavy atom. The van der Waals surface area contributed by atoms with Crippen molar-refractivity contribution in [3.05, 3.63) is 57.3 Å². The molecule has 0 aliphatic carbocycles. The van der Waals surface area contributed by atoms with Crippen molar-refractivity contribution in [3.8, 4) is 0 Å². The molecule has 0 bridgehead atoms. The molecular formula is C21H23N3O4S. The molecule has 7 nitrogen and oxygen atoms in total. The van der Waals surface area contributed by atoms with E-state index < -0.39 is 6.04 Å². The van der Waals surface area contributed by atoms with E-state index in [0.717, 1.165) is 16.5 Å². The third-order valence-electron chi connectivity index (χ3n) is 4.58. The van der Waals surface area contributed by atoms with E-state index in [4.69, 9.17) is 4.74 Å². The van der Waals surface area contributed by atoms with E-state index in [1.54, 1.807) is 18.4 Å². The zero-order valence-electron chi connectivity index (χ0n) is 16.6. The lowest BCUT2D eigenvalue weighted by atomic mass is 10.1. The summed E-state index contributed by atoms with van der Waals surface area (Å²) in [6.07, 6.45) is 0.499. The number of amides is 1. The first kappa shape index (κ1) is 20.7. The maximum Gasteiger partial charge on any atom is 0.311 e. The highest BCUT2D eigenvalue weighted by atomic mass is 32.1. The Kier molecular flexibility index (Phi) is 6.43. The van der Waals surface area contributed by atoms with E-state index >= 15 is 0 Å². The summed E-state index contributed by atoms with van der Waals surface area (Å²) in [7, 11) is 0. The number of thiazole rings is 1. The Hall–Kier alpha value is -3.00. The van der Waals surface area contributed by atoms with Gasteiger partial charge in [0.25, 0.3) is 5.56 Å². The molecule has 2 aromatic heterocycles. The molecule has 3 aromatic rings. The fourth-order valence-electron chi connectivity index (χ4n) is 3.27. The van der Waals surface area contributed by atoms with E-state index in [9.17, 15) is 14.4 Å². The first-order valence-electron chi connectivity index (χ1n) is 9.46. The third-order valence-corrected chi connectivity index (χ3v) is 5.39. The lowest BCUT2D eigenvalue weighted by molar-refractivity contribution is -0.142. The van der Waals surface area contributed by atoms with Crippen LogP contribution in [0.5, 0.6) is 0 Å². The summed E-state index contributed by atoms with van der Waals surface area (Å²) in [6, 6.07) is 8.43. The van der Waals surface area contributed by atoms with Crippen molar-refractivity contribution in [1.29, 1.82) is 0 Å². The lowest BCUT2D eigenvalue weighted by Crippen LogP contribution is -2.33. The summed E-state index contributed by atoms with van der Waals surface area (Å²) >= 11 is 1.23. The van der Waals surface area contributed by atoms with E-state index in [-0.39, 0.29) is 23.9 Å². The number of pyridine rings is 1. The average molecular weight is 413 g/mol. The van der Waals surface area contributed by atoms with E-state index in [1.165, 1.54) is 15.9 Å². The van der Waals surface area contributed by atoms with Gasteiger partial charge in [-0.05, 0) is 31.9 Å². The number of esters is 1. The Morgan fingerprint density at radius 2 is 2.03 bits per heavy atom. The number of nitrogens with one attached hydrogen (secondary N) is 1. The molecule has 1 amide bonds. The first-order valence-corrected chi connectivity index (χ1v) is 10.3. The van der Waals surface area contributed by atoms with Crippen LogP contribution in [0.25, 0.3) is 10.9 Å². The van der Waals surface area contributed by atoms with Crippen LogP contribution in [0.2, 0.25) is 0 Å². The number of para-hydroxylation sites is 1. The van der Waals surface area contributed by atoms with Crippen molar-refractivity contribution in [2.45, 2.75) is 39.7 Å². The zero-order chi connectivity index (χ0) is 21.0. The van der Waals surface area contributed by atoms with Crippen LogP contribution < -0.4 is 10.9 Å². The van der Waals surface area contributed by atoms with Gasteiger partial charge >= 0.3 is 5.97 Å². The van der Waals surface area contributed by atoms with E-state index in [2.05, 4.69) is 10.3 Å². The summed E-state index contributed by atoms with van der Waals surface area (Å²) in [5, 5.41) is 5.81. The SMILES string of the molecule is CCOC(=O)Cc1csc(NC(=O)C(CC)n2c(=O)cc(C)c3ccccc32)n1. The largest absolute Gasteiger partial charge is 0.466 e. The molecule has 1 unspecified atom stereocenters. The van der Waals surface area contributed by atoms with Crippen LogP contribution in [0.4, 0.5) is 5.13 Å². The molecule has 0 aliphatic heterocycles. The van der Waals surface area contributed by atoms with Crippen LogP contribution in [-0.2, 0) is 20.7 Å². The number of rotatable bonds is 7. The topological polar surface area (TPSA) is 90.3 Å². The third kappa shape index (κ3) is 4.54. The van der Waals surface area contributed by atoms with Crippen LogP contribution >= 0.6 is 11.3 Å². The molecular weight excluding hydrogens is 390 g/mol. The van der Waals surface area contributed by atoms with Gasteiger partial charge in [0.15, 0.2) is 5.13 Å². The van der Waals surface area contributed by atoms with Crippen molar-refractivity contribution >= 4 is 39.2 Å². The van der Waals surface area contributed by atoms with Crippen molar-refractivity contribution in [1.82, 2.24) is 9.55 Å². The van der Waals surface area contributed by atoms with Gasteiger partial charge in [0, 0.05) is 16.8 Å². The second kappa shape index (κ2) is 9.00. The van der Waals surface area contributed by atoms with Crippen LogP contribution in [0.1, 0.15) is 37.6 Å². The number of fused-ring (bicyclic) bond motifs is 1. The predicted octanol–water partition coefficient (Wildman–Crippen LogP) is 3.46. The van der Waals surface area contributed by atoms with Gasteiger partial charge < -0.3 is 10.1 Å². The number of nitrogens with zero attached hydrogens (tertiary/aromatic N) is 2. The normalized spacial score (nSPS) is 12.0. The number of benzene rings is 1. The zero-order valence-corrected chi connectivity index (χ0v) is 17.4. The summed E-state index contributed by atoms with van der Waals surface area (Å²) in [6.45, 7) is 5.80. The molecule has 1 aromatic carbocycles. The van der Waals surface area contributed by atoms with Crippen molar-refractivity contribution in [2.75, 3.05) is 11.9 Å². The molecule has 1 atom stereocenters. The number of aromatic nitrogens is 2. The minimum Gasteiger partial charge on any atom is -0.466 e. The first-order chi connectivity index (χ1) is 13.9. The number of ether oxygens (including phenoxy) is 1. The second-order valence-electron chi connectivity index (χ2n) is 6.59. The highest BCUT2D eigenvalue weighted by Gasteiger charge is 2.23. The number of aryl methyl sites for hydroxylation is 1. The van der Waals surface area contributed by atoms with Crippen molar-refractivity contribution < 1.29 is 14.3 Å². The molecule has 0 spiro atoms. The fourth-order valence-corrected chi connectivity index (χ4v) is 3.98. The van der Waals surface area contributed by atoms with Crippen molar-refractivity contribution in [2.24, 2.45) is 0 Å². The molecule has 1 N–H and O–H groups in total. The number of anilines is 1. The van der Waals surface area contributed by atoms with Gasteiger partial charge in [-0.2, -0.15) is 0 Å². The molecule has 152 valence electrons. The molecule has 3 rings (SSSR count). The highest BCUT2D eigenvalue weighted by Crippen LogP contribution is 2.23. The van der Waals surface area contributed by atoms with Crippen molar-refractivity contribution in [3.63, 3.8) is 0 Å². The molecule has 2 heterocycles. The Labute approximate surface area is 172 Å². The maximum atomic E-state index is 13.0. The standard InChI is InChI=1S/C21H23N3O4S/c1-4-16(24-17-9-7-6-8-15(17)13(3)10-18(24)25)20(27)23-21-22-14(12-29-21)11-19(26)28-5-2/h6-10,12,16H,4-5,11H2,1-3H3,(H,22,23,27).